The third kappa shape index (κ3) is 3.06. The van der Waals surface area contributed by atoms with Crippen molar-refractivity contribution < 1.29 is 9.50 Å². The molecule has 1 aliphatic rings. The first-order chi connectivity index (χ1) is 9.74. The molecular weight excluding hydrogens is 253 g/mol. The van der Waals surface area contributed by atoms with E-state index >= 15 is 0 Å². The minimum atomic E-state index is -0.590. The molecule has 3 atom stereocenters. The first-order valence-corrected chi connectivity index (χ1v) is 6.96. The highest BCUT2D eigenvalue weighted by Crippen LogP contribution is 2.40. The van der Waals surface area contributed by atoms with Crippen LogP contribution >= 0.6 is 0 Å². The van der Waals surface area contributed by atoms with Gasteiger partial charge in [0.2, 0.25) is 0 Å². The Balaban J connectivity index is 1.50. The monoisotopic (exact) mass is 271 g/mol. The van der Waals surface area contributed by atoms with Crippen LogP contribution in [0.4, 0.5) is 4.39 Å². The van der Waals surface area contributed by atoms with Crippen LogP contribution in [0.3, 0.4) is 0 Å². The summed E-state index contributed by atoms with van der Waals surface area (Å²) in [6.45, 7) is 0.500. The second-order valence-corrected chi connectivity index (χ2v) is 5.33. The van der Waals surface area contributed by atoms with Crippen LogP contribution in [0.15, 0.2) is 54.6 Å². The fourth-order valence-corrected chi connectivity index (χ4v) is 2.56. The molecule has 0 radical (unpaired) electrons. The zero-order valence-corrected chi connectivity index (χ0v) is 11.2. The summed E-state index contributed by atoms with van der Waals surface area (Å²) in [5.41, 5.74) is 2.09. The van der Waals surface area contributed by atoms with Gasteiger partial charge in [0.25, 0.3) is 0 Å². The lowest BCUT2D eigenvalue weighted by molar-refractivity contribution is 0.174. The predicted octanol–water partition coefficient (Wildman–Crippen LogP) is 3.00. The first-order valence-electron chi connectivity index (χ1n) is 6.96. The van der Waals surface area contributed by atoms with Crippen molar-refractivity contribution >= 4 is 0 Å². The molecule has 0 spiro atoms. The molecule has 3 unspecified atom stereocenters. The number of benzene rings is 2. The van der Waals surface area contributed by atoms with E-state index in [0.29, 0.717) is 18.5 Å². The molecule has 1 aliphatic carbocycles. The van der Waals surface area contributed by atoms with Gasteiger partial charge < -0.3 is 10.4 Å². The van der Waals surface area contributed by atoms with E-state index in [-0.39, 0.29) is 5.82 Å². The molecule has 0 heterocycles. The number of aliphatic hydroxyl groups excluding tert-OH is 1. The average Bonchev–Trinajstić information content (AvgIpc) is 3.26. The SMILES string of the molecule is OC(CNC1CC1c1ccccc1)c1ccc(F)cc1. The minimum Gasteiger partial charge on any atom is -0.387 e. The Hall–Kier alpha value is -1.71. The van der Waals surface area contributed by atoms with Gasteiger partial charge in [-0.25, -0.2) is 4.39 Å². The molecule has 2 nitrogen and oxygen atoms in total. The van der Waals surface area contributed by atoms with E-state index in [2.05, 4.69) is 29.6 Å². The molecule has 3 heteroatoms. The summed E-state index contributed by atoms with van der Waals surface area (Å²) < 4.78 is 12.8. The fraction of sp³-hybridized carbons (Fsp3) is 0.294. The van der Waals surface area contributed by atoms with E-state index < -0.39 is 6.10 Å². The number of hydrogen-bond donors (Lipinski definition) is 2. The quantitative estimate of drug-likeness (QED) is 0.876. The van der Waals surface area contributed by atoms with Gasteiger partial charge in [-0.05, 0) is 29.7 Å². The second kappa shape index (κ2) is 5.73. The molecule has 3 rings (SSSR count). The van der Waals surface area contributed by atoms with E-state index in [0.717, 1.165) is 12.0 Å². The molecule has 1 fully saturated rings. The molecule has 0 bridgehead atoms. The summed E-state index contributed by atoms with van der Waals surface area (Å²) in [5.74, 6) is 0.275. The molecule has 1 saturated carbocycles. The van der Waals surface area contributed by atoms with Crippen molar-refractivity contribution in [2.24, 2.45) is 0 Å². The summed E-state index contributed by atoms with van der Waals surface area (Å²) in [7, 11) is 0. The molecule has 0 aromatic heterocycles. The maximum Gasteiger partial charge on any atom is 0.123 e. The van der Waals surface area contributed by atoms with Crippen LogP contribution in [-0.4, -0.2) is 17.7 Å². The third-order valence-corrected chi connectivity index (χ3v) is 3.85. The average molecular weight is 271 g/mol. The molecular formula is C17H18FNO. The van der Waals surface area contributed by atoms with Crippen molar-refractivity contribution in [3.05, 3.63) is 71.5 Å². The fourth-order valence-electron chi connectivity index (χ4n) is 2.56. The van der Waals surface area contributed by atoms with Crippen molar-refractivity contribution in [3.8, 4) is 0 Å². The highest BCUT2D eigenvalue weighted by atomic mass is 19.1. The van der Waals surface area contributed by atoms with Crippen molar-refractivity contribution in [2.75, 3.05) is 6.54 Å². The van der Waals surface area contributed by atoms with Gasteiger partial charge in [-0.1, -0.05) is 42.5 Å². The van der Waals surface area contributed by atoms with Crippen molar-refractivity contribution in [1.29, 1.82) is 0 Å². The summed E-state index contributed by atoms with van der Waals surface area (Å²) in [4.78, 5) is 0. The maximum absolute atomic E-state index is 12.8. The standard InChI is InChI=1S/C17H18FNO/c18-14-8-6-13(7-9-14)17(20)11-19-16-10-15(16)12-4-2-1-3-5-12/h1-9,15-17,19-20H,10-11H2. The van der Waals surface area contributed by atoms with Gasteiger partial charge in [0.1, 0.15) is 5.82 Å². The zero-order chi connectivity index (χ0) is 13.9. The predicted molar refractivity (Wildman–Crippen MR) is 77.0 cm³/mol. The molecule has 104 valence electrons. The van der Waals surface area contributed by atoms with Gasteiger partial charge >= 0.3 is 0 Å². The van der Waals surface area contributed by atoms with Crippen molar-refractivity contribution in [2.45, 2.75) is 24.5 Å². The van der Waals surface area contributed by atoms with Gasteiger partial charge in [0, 0.05) is 18.5 Å². The van der Waals surface area contributed by atoms with Crippen LogP contribution in [0.1, 0.15) is 29.6 Å². The van der Waals surface area contributed by atoms with Crippen molar-refractivity contribution in [1.82, 2.24) is 5.32 Å². The summed E-state index contributed by atoms with van der Waals surface area (Å²) in [6.07, 6.45) is 0.521. The number of halogens is 1. The summed E-state index contributed by atoms with van der Waals surface area (Å²) >= 11 is 0. The maximum atomic E-state index is 12.8. The largest absolute Gasteiger partial charge is 0.387 e. The zero-order valence-electron chi connectivity index (χ0n) is 11.2. The number of rotatable bonds is 5. The van der Waals surface area contributed by atoms with Crippen molar-refractivity contribution in [3.63, 3.8) is 0 Å². The Morgan fingerprint density at radius 3 is 2.50 bits per heavy atom. The van der Waals surface area contributed by atoms with Crippen LogP contribution in [-0.2, 0) is 0 Å². The van der Waals surface area contributed by atoms with E-state index in [1.165, 1.54) is 17.7 Å². The summed E-state index contributed by atoms with van der Waals surface area (Å²) in [6, 6.07) is 16.9. The lowest BCUT2D eigenvalue weighted by Crippen LogP contribution is -2.24. The Morgan fingerprint density at radius 1 is 1.10 bits per heavy atom. The van der Waals surface area contributed by atoms with Crippen LogP contribution in [0, 0.1) is 5.82 Å². The number of nitrogens with one attached hydrogen (secondary N) is 1. The Morgan fingerprint density at radius 2 is 1.80 bits per heavy atom. The van der Waals surface area contributed by atoms with Crippen LogP contribution in [0.2, 0.25) is 0 Å². The normalized spacial score (nSPS) is 22.5. The Kier molecular flexibility index (Phi) is 3.81. The molecule has 0 saturated heterocycles. The number of aliphatic hydroxyl groups is 1. The smallest absolute Gasteiger partial charge is 0.123 e. The summed E-state index contributed by atoms with van der Waals surface area (Å²) in [5, 5.41) is 13.4. The lowest BCUT2D eigenvalue weighted by atomic mass is 10.1. The highest BCUT2D eigenvalue weighted by Gasteiger charge is 2.37. The number of hydrogen-bond acceptors (Lipinski definition) is 2. The lowest BCUT2D eigenvalue weighted by Gasteiger charge is -2.12. The third-order valence-electron chi connectivity index (χ3n) is 3.85. The van der Waals surface area contributed by atoms with Gasteiger partial charge in [-0.2, -0.15) is 0 Å². The topological polar surface area (TPSA) is 32.3 Å². The molecule has 0 aliphatic heterocycles. The van der Waals surface area contributed by atoms with Crippen LogP contribution in [0.25, 0.3) is 0 Å². The van der Waals surface area contributed by atoms with E-state index in [4.69, 9.17) is 0 Å². The Labute approximate surface area is 118 Å². The second-order valence-electron chi connectivity index (χ2n) is 5.33. The van der Waals surface area contributed by atoms with E-state index in [1.54, 1.807) is 12.1 Å². The van der Waals surface area contributed by atoms with E-state index in [9.17, 15) is 9.50 Å². The Bertz CT molecular complexity index is 555. The van der Waals surface area contributed by atoms with Crippen LogP contribution in [0.5, 0.6) is 0 Å². The molecule has 2 aromatic carbocycles. The first kappa shape index (κ1) is 13.3. The minimum absolute atomic E-state index is 0.278. The molecule has 0 amide bonds. The highest BCUT2D eigenvalue weighted by molar-refractivity contribution is 5.28. The van der Waals surface area contributed by atoms with Crippen LogP contribution < -0.4 is 5.32 Å². The van der Waals surface area contributed by atoms with Gasteiger partial charge in [-0.15, -0.1) is 0 Å². The molecule has 2 N–H and O–H groups in total. The van der Waals surface area contributed by atoms with Gasteiger partial charge in [-0.3, -0.25) is 0 Å². The van der Waals surface area contributed by atoms with E-state index in [1.807, 2.05) is 6.07 Å². The van der Waals surface area contributed by atoms with Gasteiger partial charge in [0.05, 0.1) is 6.10 Å². The molecule has 2 aromatic rings. The molecule has 20 heavy (non-hydrogen) atoms. The van der Waals surface area contributed by atoms with Gasteiger partial charge in [0.15, 0.2) is 0 Å².